The number of nitrogen functional groups attached to an aromatic ring is 1. The van der Waals surface area contributed by atoms with Crippen LogP contribution in [0.25, 0.3) is 0 Å². The predicted molar refractivity (Wildman–Crippen MR) is 127 cm³/mol. The summed E-state index contributed by atoms with van der Waals surface area (Å²) in [6.45, 7) is 0.408. The Labute approximate surface area is 200 Å². The Morgan fingerprint density at radius 3 is 2.61 bits per heavy atom. The van der Waals surface area contributed by atoms with Crippen LogP contribution in [0.5, 0.6) is 11.5 Å². The summed E-state index contributed by atoms with van der Waals surface area (Å²) in [4.78, 5) is 25.8. The molecule has 0 aliphatic carbocycles. The lowest BCUT2D eigenvalue weighted by molar-refractivity contribution is -0.117. The highest BCUT2D eigenvalue weighted by atomic mass is 35.5. The van der Waals surface area contributed by atoms with E-state index >= 15 is 0 Å². The van der Waals surface area contributed by atoms with Crippen molar-refractivity contribution >= 4 is 46.4 Å². The number of nitriles is 1. The van der Waals surface area contributed by atoms with Crippen LogP contribution in [0.4, 0.5) is 11.4 Å². The maximum atomic E-state index is 12.7. The number of primary amides is 1. The summed E-state index contributed by atoms with van der Waals surface area (Å²) >= 11 is 12.5. The van der Waals surface area contributed by atoms with Crippen LogP contribution >= 0.6 is 23.2 Å². The highest BCUT2D eigenvalue weighted by Crippen LogP contribution is 2.39. The van der Waals surface area contributed by atoms with Gasteiger partial charge in [0.15, 0.2) is 5.75 Å². The van der Waals surface area contributed by atoms with E-state index in [9.17, 15) is 14.9 Å². The van der Waals surface area contributed by atoms with E-state index in [2.05, 4.69) is 0 Å². The zero-order valence-corrected chi connectivity index (χ0v) is 18.7. The first-order valence-electron chi connectivity index (χ1n) is 9.94. The molecule has 1 aliphatic heterocycles. The average Bonchev–Trinajstić information content (AvgIpc) is 3.17. The normalized spacial score (nSPS) is 15.4. The van der Waals surface area contributed by atoms with Gasteiger partial charge in [0, 0.05) is 30.3 Å². The molecule has 9 heteroatoms. The number of halogens is 2. The number of benzene rings is 3. The molecule has 2 amide bonds. The Balaban J connectivity index is 1.60. The fourth-order valence-electron chi connectivity index (χ4n) is 3.79. The average molecular weight is 481 g/mol. The van der Waals surface area contributed by atoms with Gasteiger partial charge in [0.25, 0.3) is 5.91 Å². The maximum absolute atomic E-state index is 12.7. The van der Waals surface area contributed by atoms with Crippen molar-refractivity contribution in [2.75, 3.05) is 17.2 Å². The fourth-order valence-corrected chi connectivity index (χ4v) is 4.15. The third-order valence-corrected chi connectivity index (χ3v) is 6.07. The summed E-state index contributed by atoms with van der Waals surface area (Å²) < 4.78 is 5.91. The number of amides is 2. The second-order valence-electron chi connectivity index (χ2n) is 7.56. The van der Waals surface area contributed by atoms with Crippen LogP contribution in [0.1, 0.15) is 33.8 Å². The molecular weight excluding hydrogens is 463 g/mol. The Morgan fingerprint density at radius 1 is 1.12 bits per heavy atom. The van der Waals surface area contributed by atoms with E-state index in [1.54, 1.807) is 47.4 Å². The summed E-state index contributed by atoms with van der Waals surface area (Å²) in [5.41, 5.74) is 13.4. The van der Waals surface area contributed by atoms with Gasteiger partial charge in [-0.15, -0.1) is 0 Å². The van der Waals surface area contributed by atoms with E-state index in [1.165, 1.54) is 6.07 Å². The molecule has 0 saturated carbocycles. The number of para-hydroxylation sites is 1. The van der Waals surface area contributed by atoms with Gasteiger partial charge >= 0.3 is 0 Å². The van der Waals surface area contributed by atoms with Crippen molar-refractivity contribution in [3.05, 3.63) is 81.3 Å². The summed E-state index contributed by atoms with van der Waals surface area (Å²) in [6, 6.07) is 16.9. The molecular formula is C24H18Cl2N4O3. The first-order valence-corrected chi connectivity index (χ1v) is 10.7. The zero-order valence-electron chi connectivity index (χ0n) is 17.2. The lowest BCUT2D eigenvalue weighted by Crippen LogP contribution is -2.24. The van der Waals surface area contributed by atoms with Gasteiger partial charge in [0.1, 0.15) is 11.8 Å². The molecule has 1 fully saturated rings. The van der Waals surface area contributed by atoms with Crippen molar-refractivity contribution in [2.45, 2.75) is 12.3 Å². The molecule has 1 heterocycles. The Kier molecular flexibility index (Phi) is 6.14. The van der Waals surface area contributed by atoms with Gasteiger partial charge in [-0.25, -0.2) is 0 Å². The quantitative estimate of drug-likeness (QED) is 0.504. The molecule has 1 atom stereocenters. The van der Waals surface area contributed by atoms with Crippen LogP contribution in [0.2, 0.25) is 10.0 Å². The Hall–Kier alpha value is -3.73. The second-order valence-corrected chi connectivity index (χ2v) is 8.38. The van der Waals surface area contributed by atoms with Crippen molar-refractivity contribution in [1.29, 1.82) is 5.26 Å². The summed E-state index contributed by atoms with van der Waals surface area (Å²) in [6.07, 6.45) is 0.272. The monoisotopic (exact) mass is 480 g/mol. The highest BCUT2D eigenvalue weighted by Gasteiger charge is 2.32. The third-order valence-electron chi connectivity index (χ3n) is 5.46. The summed E-state index contributed by atoms with van der Waals surface area (Å²) in [5, 5.41) is 9.98. The van der Waals surface area contributed by atoms with Gasteiger partial charge in [0.2, 0.25) is 5.91 Å². The summed E-state index contributed by atoms with van der Waals surface area (Å²) in [7, 11) is 0. The summed E-state index contributed by atoms with van der Waals surface area (Å²) in [5.74, 6) is -0.289. The van der Waals surface area contributed by atoms with Gasteiger partial charge in [-0.2, -0.15) is 5.26 Å². The van der Waals surface area contributed by atoms with Crippen LogP contribution in [0.15, 0.2) is 54.6 Å². The van der Waals surface area contributed by atoms with E-state index in [4.69, 9.17) is 39.4 Å². The number of anilines is 2. The van der Waals surface area contributed by atoms with E-state index < -0.39 is 5.91 Å². The molecule has 0 radical (unpaired) electrons. The molecule has 33 heavy (non-hydrogen) atoms. The van der Waals surface area contributed by atoms with Crippen molar-refractivity contribution in [3.8, 4) is 17.6 Å². The van der Waals surface area contributed by atoms with Crippen molar-refractivity contribution in [3.63, 3.8) is 0 Å². The fraction of sp³-hybridized carbons (Fsp3) is 0.125. The van der Waals surface area contributed by atoms with Crippen LogP contribution in [-0.4, -0.2) is 18.4 Å². The number of carbonyl (C=O) groups is 2. The molecule has 1 saturated heterocycles. The van der Waals surface area contributed by atoms with Gasteiger partial charge in [-0.05, 0) is 48.0 Å². The third kappa shape index (κ3) is 4.44. The van der Waals surface area contributed by atoms with E-state index in [1.807, 2.05) is 12.1 Å². The number of nitrogens with two attached hydrogens (primary N) is 2. The maximum Gasteiger partial charge on any atom is 0.250 e. The first kappa shape index (κ1) is 22.5. The zero-order chi connectivity index (χ0) is 23.7. The largest absolute Gasteiger partial charge is 0.453 e. The molecule has 166 valence electrons. The van der Waals surface area contributed by atoms with E-state index in [0.29, 0.717) is 23.0 Å². The number of carbonyl (C=O) groups excluding carboxylic acids is 2. The smallest absolute Gasteiger partial charge is 0.250 e. The molecule has 0 bridgehead atoms. The topological polar surface area (TPSA) is 122 Å². The molecule has 3 aromatic carbocycles. The van der Waals surface area contributed by atoms with Crippen LogP contribution < -0.4 is 21.1 Å². The Morgan fingerprint density at radius 2 is 1.91 bits per heavy atom. The van der Waals surface area contributed by atoms with Crippen molar-refractivity contribution < 1.29 is 14.3 Å². The van der Waals surface area contributed by atoms with Gasteiger partial charge in [-0.1, -0.05) is 35.3 Å². The molecule has 0 aromatic heterocycles. The van der Waals surface area contributed by atoms with Crippen molar-refractivity contribution in [1.82, 2.24) is 0 Å². The highest BCUT2D eigenvalue weighted by molar-refractivity contribution is 6.33. The van der Waals surface area contributed by atoms with E-state index in [0.717, 1.165) is 5.56 Å². The predicted octanol–water partition coefficient (Wildman–Crippen LogP) is 4.86. The molecule has 4 N–H and O–H groups in total. The van der Waals surface area contributed by atoms with E-state index in [-0.39, 0.29) is 45.8 Å². The van der Waals surface area contributed by atoms with Crippen LogP contribution in [0, 0.1) is 11.3 Å². The number of nitrogens with zero attached hydrogens (tertiary/aromatic N) is 2. The molecule has 0 spiro atoms. The molecule has 3 aromatic rings. The minimum Gasteiger partial charge on any atom is -0.453 e. The lowest BCUT2D eigenvalue weighted by Gasteiger charge is -2.18. The minimum absolute atomic E-state index is 0.0819. The van der Waals surface area contributed by atoms with Gasteiger partial charge < -0.3 is 21.1 Å². The number of hydrogen-bond acceptors (Lipinski definition) is 5. The molecule has 7 nitrogen and oxygen atoms in total. The number of ether oxygens (including phenoxy) is 1. The Bertz CT molecular complexity index is 1320. The van der Waals surface area contributed by atoms with Crippen molar-refractivity contribution in [2.24, 2.45) is 5.73 Å². The standard InChI is InChI=1S/C24H18Cl2N4O3/c25-18-7-4-13(8-21(18)33-23-14(11-27)2-1-3-19(23)26)15-9-22(31)30(12-15)16-5-6-17(24(29)32)20(28)10-16/h1-8,10,15H,9,12,28H2,(H2,29,32)/t15-/m0/s1. The second kappa shape index (κ2) is 9.02. The van der Waals surface area contributed by atoms with Gasteiger partial charge in [0.05, 0.1) is 21.2 Å². The van der Waals surface area contributed by atoms with Gasteiger partial charge in [-0.3, -0.25) is 9.59 Å². The SMILES string of the molecule is N#Cc1cccc(Cl)c1Oc1cc([C@H]2CC(=O)N(c3ccc(C(N)=O)c(N)c3)C2)ccc1Cl. The number of rotatable bonds is 5. The van der Waals surface area contributed by atoms with Crippen LogP contribution in [0.3, 0.4) is 0 Å². The molecule has 4 rings (SSSR count). The van der Waals surface area contributed by atoms with Crippen LogP contribution in [-0.2, 0) is 4.79 Å². The molecule has 0 unspecified atom stereocenters. The lowest BCUT2D eigenvalue weighted by atomic mass is 9.98. The first-order chi connectivity index (χ1) is 15.8. The molecule has 1 aliphatic rings. The minimum atomic E-state index is -0.628. The number of hydrogen-bond donors (Lipinski definition) is 2.